The molecule has 1 rings (SSSR count). The molecule has 0 radical (unpaired) electrons. The summed E-state index contributed by atoms with van der Waals surface area (Å²) in [5.41, 5.74) is 9.51. The zero-order valence-electron chi connectivity index (χ0n) is 7.48. The van der Waals surface area contributed by atoms with E-state index in [1.165, 1.54) is 0 Å². The van der Waals surface area contributed by atoms with E-state index in [4.69, 9.17) is 5.73 Å². The Labute approximate surface area is 81.6 Å². The highest BCUT2D eigenvalue weighted by Gasteiger charge is 1.98. The molecule has 0 atom stereocenters. The molecule has 0 bridgehead atoms. The molecule has 0 saturated heterocycles. The SMILES string of the molecule is Cc1nn(C)cc1/C=N/NC(N)=S. The predicted octanol–water partition coefficient (Wildman–Crippen LogP) is -0.104. The van der Waals surface area contributed by atoms with E-state index in [0.717, 1.165) is 11.3 Å². The molecule has 70 valence electrons. The van der Waals surface area contributed by atoms with Crippen molar-refractivity contribution in [2.75, 3.05) is 0 Å². The van der Waals surface area contributed by atoms with Crippen LogP contribution in [0.25, 0.3) is 0 Å². The van der Waals surface area contributed by atoms with Gasteiger partial charge in [0, 0.05) is 18.8 Å². The van der Waals surface area contributed by atoms with Crippen molar-refractivity contribution in [3.8, 4) is 0 Å². The van der Waals surface area contributed by atoms with Gasteiger partial charge in [0.15, 0.2) is 5.11 Å². The molecule has 3 N–H and O–H groups in total. The van der Waals surface area contributed by atoms with E-state index in [1.807, 2.05) is 20.2 Å². The van der Waals surface area contributed by atoms with Gasteiger partial charge in [-0.1, -0.05) is 0 Å². The van der Waals surface area contributed by atoms with Gasteiger partial charge in [-0.05, 0) is 19.1 Å². The lowest BCUT2D eigenvalue weighted by atomic mass is 10.3. The molecule has 0 amide bonds. The van der Waals surface area contributed by atoms with Gasteiger partial charge in [0.25, 0.3) is 0 Å². The Hall–Kier alpha value is -1.43. The average Bonchev–Trinajstić information content (AvgIpc) is 2.29. The molecular formula is C7H11N5S. The fourth-order valence-electron chi connectivity index (χ4n) is 0.910. The van der Waals surface area contributed by atoms with Crippen LogP contribution in [0.15, 0.2) is 11.3 Å². The van der Waals surface area contributed by atoms with Gasteiger partial charge in [-0.15, -0.1) is 0 Å². The third kappa shape index (κ3) is 2.83. The molecule has 13 heavy (non-hydrogen) atoms. The number of aromatic nitrogens is 2. The van der Waals surface area contributed by atoms with Crippen molar-refractivity contribution < 1.29 is 0 Å². The summed E-state index contributed by atoms with van der Waals surface area (Å²) in [7, 11) is 1.85. The van der Waals surface area contributed by atoms with Crippen molar-refractivity contribution in [2.45, 2.75) is 6.92 Å². The number of nitrogens with one attached hydrogen (secondary N) is 1. The lowest BCUT2D eigenvalue weighted by Gasteiger charge is -1.92. The molecular weight excluding hydrogens is 186 g/mol. The number of rotatable bonds is 2. The molecule has 1 heterocycles. The summed E-state index contributed by atoms with van der Waals surface area (Å²) in [6.45, 7) is 1.90. The molecule has 0 aliphatic carbocycles. The first-order chi connectivity index (χ1) is 6.09. The number of aryl methyl sites for hydroxylation is 2. The maximum atomic E-state index is 5.19. The van der Waals surface area contributed by atoms with Crippen LogP contribution < -0.4 is 11.2 Å². The molecule has 0 unspecified atom stereocenters. The molecule has 6 heteroatoms. The molecule has 0 aliphatic rings. The highest BCUT2D eigenvalue weighted by molar-refractivity contribution is 7.80. The molecule has 1 aromatic heterocycles. The molecule has 0 aliphatic heterocycles. The minimum atomic E-state index is 0.151. The second-order valence-electron chi connectivity index (χ2n) is 2.58. The Morgan fingerprint density at radius 1 is 1.85 bits per heavy atom. The van der Waals surface area contributed by atoms with Crippen LogP contribution in [-0.2, 0) is 7.05 Å². The van der Waals surface area contributed by atoms with Crippen LogP contribution in [0.4, 0.5) is 0 Å². The molecule has 1 aromatic rings. The van der Waals surface area contributed by atoms with Crippen LogP contribution in [0.5, 0.6) is 0 Å². The number of nitrogens with zero attached hydrogens (tertiary/aromatic N) is 3. The van der Waals surface area contributed by atoms with Crippen molar-refractivity contribution in [2.24, 2.45) is 17.9 Å². The summed E-state index contributed by atoms with van der Waals surface area (Å²) in [6.07, 6.45) is 3.49. The highest BCUT2D eigenvalue weighted by Crippen LogP contribution is 1.99. The third-order valence-electron chi connectivity index (χ3n) is 1.43. The van der Waals surface area contributed by atoms with E-state index in [-0.39, 0.29) is 5.11 Å². The van der Waals surface area contributed by atoms with Crippen molar-refractivity contribution in [3.05, 3.63) is 17.5 Å². The van der Waals surface area contributed by atoms with Crippen molar-refractivity contribution >= 4 is 23.5 Å². The van der Waals surface area contributed by atoms with Gasteiger partial charge >= 0.3 is 0 Å². The summed E-state index contributed by atoms with van der Waals surface area (Å²) < 4.78 is 1.72. The standard InChI is InChI=1S/C7H11N5S/c1-5-6(4-12(2)11-5)3-9-10-7(8)13/h3-4H,1-2H3,(H3,8,10,13)/b9-3+. The Morgan fingerprint density at radius 3 is 3.00 bits per heavy atom. The number of hydrogen-bond donors (Lipinski definition) is 2. The number of nitrogens with two attached hydrogens (primary N) is 1. The minimum absolute atomic E-state index is 0.151. The fraction of sp³-hybridized carbons (Fsp3) is 0.286. The summed E-state index contributed by atoms with van der Waals surface area (Å²) >= 11 is 4.58. The maximum Gasteiger partial charge on any atom is 0.184 e. The smallest absolute Gasteiger partial charge is 0.184 e. The van der Waals surface area contributed by atoms with E-state index in [1.54, 1.807) is 10.9 Å². The van der Waals surface area contributed by atoms with Crippen LogP contribution in [-0.4, -0.2) is 21.1 Å². The quantitative estimate of drug-likeness (QED) is 0.394. The van der Waals surface area contributed by atoms with Crippen LogP contribution in [0, 0.1) is 6.92 Å². The Morgan fingerprint density at radius 2 is 2.54 bits per heavy atom. The lowest BCUT2D eigenvalue weighted by molar-refractivity contribution is 0.756. The van der Waals surface area contributed by atoms with Gasteiger partial charge in [-0.3, -0.25) is 10.1 Å². The average molecular weight is 197 g/mol. The van der Waals surface area contributed by atoms with Crippen LogP contribution in [0.1, 0.15) is 11.3 Å². The first-order valence-corrected chi connectivity index (χ1v) is 4.09. The monoisotopic (exact) mass is 197 g/mol. The van der Waals surface area contributed by atoms with Gasteiger partial charge in [0.2, 0.25) is 0 Å². The van der Waals surface area contributed by atoms with Crippen molar-refractivity contribution in [1.29, 1.82) is 0 Å². The van der Waals surface area contributed by atoms with E-state index >= 15 is 0 Å². The van der Waals surface area contributed by atoms with E-state index < -0.39 is 0 Å². The van der Waals surface area contributed by atoms with Crippen molar-refractivity contribution in [3.63, 3.8) is 0 Å². The Kier molecular flexibility index (Phi) is 2.97. The number of thiocarbonyl (C=S) groups is 1. The molecule has 5 nitrogen and oxygen atoms in total. The first kappa shape index (κ1) is 9.66. The first-order valence-electron chi connectivity index (χ1n) is 3.68. The Bertz CT molecular complexity index is 341. The lowest BCUT2D eigenvalue weighted by Crippen LogP contribution is -2.24. The summed E-state index contributed by atoms with van der Waals surface area (Å²) in [5, 5.41) is 8.11. The van der Waals surface area contributed by atoms with Gasteiger partial charge in [0.1, 0.15) is 0 Å². The fourth-order valence-corrected chi connectivity index (χ4v) is 0.963. The molecule has 0 saturated carbocycles. The summed E-state index contributed by atoms with van der Waals surface area (Å²) in [5.74, 6) is 0. The van der Waals surface area contributed by atoms with E-state index in [2.05, 4.69) is 27.8 Å². The zero-order chi connectivity index (χ0) is 9.84. The topological polar surface area (TPSA) is 68.2 Å². The maximum absolute atomic E-state index is 5.19. The van der Waals surface area contributed by atoms with Crippen LogP contribution >= 0.6 is 12.2 Å². The normalized spacial score (nSPS) is 10.6. The van der Waals surface area contributed by atoms with E-state index in [9.17, 15) is 0 Å². The molecule has 0 spiro atoms. The Balaban J connectivity index is 2.68. The summed E-state index contributed by atoms with van der Waals surface area (Å²) in [6, 6.07) is 0. The zero-order valence-corrected chi connectivity index (χ0v) is 8.30. The second kappa shape index (κ2) is 3.99. The second-order valence-corrected chi connectivity index (χ2v) is 3.02. The summed E-state index contributed by atoms with van der Waals surface area (Å²) in [4.78, 5) is 0. The third-order valence-corrected chi connectivity index (χ3v) is 1.52. The number of hydrazone groups is 1. The number of hydrogen-bond acceptors (Lipinski definition) is 3. The predicted molar refractivity (Wildman–Crippen MR) is 55.5 cm³/mol. The van der Waals surface area contributed by atoms with Gasteiger partial charge in [0.05, 0.1) is 11.9 Å². The van der Waals surface area contributed by atoms with E-state index in [0.29, 0.717) is 0 Å². The largest absolute Gasteiger partial charge is 0.375 e. The highest BCUT2D eigenvalue weighted by atomic mass is 32.1. The van der Waals surface area contributed by atoms with Crippen LogP contribution in [0.3, 0.4) is 0 Å². The van der Waals surface area contributed by atoms with Gasteiger partial charge in [-0.25, -0.2) is 0 Å². The molecule has 0 fully saturated rings. The van der Waals surface area contributed by atoms with Crippen molar-refractivity contribution in [1.82, 2.24) is 15.2 Å². The van der Waals surface area contributed by atoms with Crippen LogP contribution in [0.2, 0.25) is 0 Å². The van der Waals surface area contributed by atoms with Gasteiger partial charge < -0.3 is 5.73 Å². The minimum Gasteiger partial charge on any atom is -0.375 e. The molecule has 0 aromatic carbocycles. The van der Waals surface area contributed by atoms with Gasteiger partial charge in [-0.2, -0.15) is 10.2 Å².